The number of pyridine rings is 1. The van der Waals surface area contributed by atoms with Crippen LogP contribution >= 0.6 is 0 Å². The van der Waals surface area contributed by atoms with E-state index in [1.54, 1.807) is 18.3 Å². The third kappa shape index (κ3) is 4.05. The van der Waals surface area contributed by atoms with E-state index in [1.807, 2.05) is 0 Å². The minimum atomic E-state index is -0.265. The molecule has 0 aromatic carbocycles. The van der Waals surface area contributed by atoms with Gasteiger partial charge in [0.15, 0.2) is 0 Å². The van der Waals surface area contributed by atoms with Crippen LogP contribution in [0.3, 0.4) is 0 Å². The summed E-state index contributed by atoms with van der Waals surface area (Å²) < 4.78 is 1.36. The Morgan fingerprint density at radius 3 is 3.11 bits per heavy atom. The highest BCUT2D eigenvalue weighted by Crippen LogP contribution is 2.20. The van der Waals surface area contributed by atoms with Crippen molar-refractivity contribution in [2.75, 3.05) is 0 Å². The topological polar surface area (TPSA) is 63.5 Å². The average molecular weight is 261 g/mol. The fraction of sp³-hybridized carbons (Fsp3) is 0.500. The van der Waals surface area contributed by atoms with E-state index in [4.69, 9.17) is 0 Å². The quantitative estimate of drug-likeness (QED) is 0.839. The summed E-state index contributed by atoms with van der Waals surface area (Å²) in [5.74, 6) is 0.375. The molecule has 1 saturated carbocycles. The highest BCUT2D eigenvalue weighted by Gasteiger charge is 2.14. The summed E-state index contributed by atoms with van der Waals surface area (Å²) in [6.45, 7) is 2.20. The molecule has 0 aliphatic heterocycles. The number of aromatic nitrogens is 1. The number of amides is 1. The van der Waals surface area contributed by atoms with E-state index in [1.165, 1.54) is 17.1 Å². The molecule has 0 radical (unpaired) electrons. The lowest BCUT2D eigenvalue weighted by molar-refractivity contribution is -0.121. The molecule has 1 heterocycles. The largest absolute Gasteiger partial charge is 0.306 e. The van der Waals surface area contributed by atoms with Gasteiger partial charge in [-0.1, -0.05) is 13.0 Å². The Morgan fingerprint density at radius 1 is 1.53 bits per heavy atom. The Bertz CT molecular complexity index is 533. The van der Waals surface area contributed by atoms with Gasteiger partial charge in [0.1, 0.15) is 6.54 Å². The van der Waals surface area contributed by atoms with Gasteiger partial charge in [-0.3, -0.25) is 9.59 Å². The molecule has 5 nitrogen and oxygen atoms in total. The monoisotopic (exact) mass is 261 g/mol. The molecule has 1 amide bonds. The molecule has 1 aliphatic rings. The minimum Gasteiger partial charge on any atom is -0.306 e. The molecule has 102 valence electrons. The second-order valence-corrected chi connectivity index (χ2v) is 5.08. The maximum absolute atomic E-state index is 11.7. The third-order valence-electron chi connectivity index (χ3n) is 3.30. The number of nitrogens with one attached hydrogen (secondary N) is 1. The summed E-state index contributed by atoms with van der Waals surface area (Å²) in [6.07, 6.45) is 5.86. The van der Waals surface area contributed by atoms with Crippen molar-refractivity contribution in [3.8, 4) is 0 Å². The third-order valence-corrected chi connectivity index (χ3v) is 3.30. The van der Waals surface area contributed by atoms with E-state index < -0.39 is 0 Å². The van der Waals surface area contributed by atoms with Crippen molar-refractivity contribution in [2.45, 2.75) is 39.2 Å². The fourth-order valence-corrected chi connectivity index (χ4v) is 2.29. The molecule has 0 spiro atoms. The standard InChI is InChI=1S/C14H19N3O2/c1-11-5-4-6-12(9-11)15-16-13(18)10-17-8-3-2-7-14(17)19/h2-3,7-8,11H,4-6,9-10H2,1H3,(H,16,18)/b15-12-/t11-/m0/s1. The van der Waals surface area contributed by atoms with Crippen LogP contribution in [0.15, 0.2) is 34.3 Å². The molecule has 0 saturated heterocycles. The van der Waals surface area contributed by atoms with Gasteiger partial charge in [0.05, 0.1) is 0 Å². The summed E-state index contributed by atoms with van der Waals surface area (Å²) in [5, 5.41) is 4.16. The molecule has 5 heteroatoms. The first-order chi connectivity index (χ1) is 9.15. The molecule has 0 bridgehead atoms. The lowest BCUT2D eigenvalue weighted by atomic mass is 9.89. The molecule has 2 rings (SSSR count). The molecule has 19 heavy (non-hydrogen) atoms. The minimum absolute atomic E-state index is 0.00596. The Balaban J connectivity index is 1.90. The van der Waals surface area contributed by atoms with Crippen molar-refractivity contribution >= 4 is 11.6 Å². The number of hydrogen-bond donors (Lipinski definition) is 1. The van der Waals surface area contributed by atoms with Crippen LogP contribution in [0.2, 0.25) is 0 Å². The van der Waals surface area contributed by atoms with E-state index >= 15 is 0 Å². The van der Waals surface area contributed by atoms with E-state index in [2.05, 4.69) is 17.5 Å². The van der Waals surface area contributed by atoms with E-state index in [0.29, 0.717) is 5.92 Å². The van der Waals surface area contributed by atoms with Crippen molar-refractivity contribution < 1.29 is 4.79 Å². The molecule has 1 atom stereocenters. The average Bonchev–Trinajstić information content (AvgIpc) is 2.39. The van der Waals surface area contributed by atoms with Crippen LogP contribution in [0.4, 0.5) is 0 Å². The van der Waals surface area contributed by atoms with Gasteiger partial charge < -0.3 is 4.57 Å². The zero-order valence-electron chi connectivity index (χ0n) is 11.1. The van der Waals surface area contributed by atoms with E-state index in [0.717, 1.165) is 25.0 Å². The van der Waals surface area contributed by atoms with Crippen molar-refractivity contribution in [1.82, 2.24) is 9.99 Å². The molecular formula is C14H19N3O2. The Morgan fingerprint density at radius 2 is 2.37 bits per heavy atom. The number of carbonyl (C=O) groups is 1. The molecule has 1 aliphatic carbocycles. The van der Waals surface area contributed by atoms with Crippen LogP contribution in [0.25, 0.3) is 0 Å². The maximum atomic E-state index is 11.7. The molecule has 1 aromatic heterocycles. The van der Waals surface area contributed by atoms with Gasteiger partial charge in [-0.2, -0.15) is 5.10 Å². The second-order valence-electron chi connectivity index (χ2n) is 5.08. The van der Waals surface area contributed by atoms with Gasteiger partial charge in [-0.15, -0.1) is 0 Å². The smallest absolute Gasteiger partial charge is 0.260 e. The lowest BCUT2D eigenvalue weighted by Crippen LogP contribution is -2.30. The number of nitrogens with zero attached hydrogens (tertiary/aromatic N) is 2. The summed E-state index contributed by atoms with van der Waals surface area (Å²) in [5.41, 5.74) is 3.40. The van der Waals surface area contributed by atoms with Crippen LogP contribution in [0.1, 0.15) is 32.6 Å². The number of hydrazone groups is 1. The number of rotatable bonds is 3. The second kappa shape index (κ2) is 6.31. The normalized spacial score (nSPS) is 21.3. The molecular weight excluding hydrogens is 242 g/mol. The summed E-state index contributed by atoms with van der Waals surface area (Å²) in [7, 11) is 0. The first kappa shape index (κ1) is 13.5. The first-order valence-electron chi connectivity index (χ1n) is 6.65. The van der Waals surface area contributed by atoms with Crippen LogP contribution in [0, 0.1) is 5.92 Å². The van der Waals surface area contributed by atoms with Crippen LogP contribution in [0.5, 0.6) is 0 Å². The molecule has 1 N–H and O–H groups in total. The fourth-order valence-electron chi connectivity index (χ4n) is 2.29. The first-order valence-corrected chi connectivity index (χ1v) is 6.65. The highest BCUT2D eigenvalue weighted by molar-refractivity contribution is 5.87. The predicted molar refractivity (Wildman–Crippen MR) is 73.9 cm³/mol. The van der Waals surface area contributed by atoms with Gasteiger partial charge in [0, 0.05) is 18.0 Å². The number of hydrogen-bond acceptors (Lipinski definition) is 3. The van der Waals surface area contributed by atoms with Crippen LogP contribution < -0.4 is 11.0 Å². The summed E-state index contributed by atoms with van der Waals surface area (Å²) in [4.78, 5) is 23.2. The zero-order valence-corrected chi connectivity index (χ0v) is 11.1. The van der Waals surface area contributed by atoms with Gasteiger partial charge in [-0.25, -0.2) is 5.43 Å². The van der Waals surface area contributed by atoms with Gasteiger partial charge in [0.2, 0.25) is 0 Å². The predicted octanol–water partition coefficient (Wildman–Crippen LogP) is 1.53. The van der Waals surface area contributed by atoms with Crippen molar-refractivity contribution in [1.29, 1.82) is 0 Å². The van der Waals surface area contributed by atoms with Gasteiger partial charge in [0.25, 0.3) is 11.5 Å². The summed E-state index contributed by atoms with van der Waals surface area (Å²) >= 11 is 0. The summed E-state index contributed by atoms with van der Waals surface area (Å²) in [6, 6.07) is 4.81. The van der Waals surface area contributed by atoms with Crippen LogP contribution in [-0.2, 0) is 11.3 Å². The van der Waals surface area contributed by atoms with Crippen molar-refractivity contribution in [2.24, 2.45) is 11.0 Å². The zero-order chi connectivity index (χ0) is 13.7. The molecule has 1 fully saturated rings. The SMILES string of the molecule is C[C@H]1CCC/C(=N/NC(=O)Cn2ccccc2=O)C1. The molecule has 0 unspecified atom stereocenters. The van der Waals surface area contributed by atoms with Crippen LogP contribution in [-0.4, -0.2) is 16.2 Å². The number of carbonyl (C=O) groups excluding carboxylic acids is 1. The molecule has 1 aromatic rings. The van der Waals surface area contributed by atoms with Gasteiger partial charge in [-0.05, 0) is 37.7 Å². The highest BCUT2D eigenvalue weighted by atomic mass is 16.2. The lowest BCUT2D eigenvalue weighted by Gasteiger charge is -2.18. The van der Waals surface area contributed by atoms with E-state index in [-0.39, 0.29) is 18.0 Å². The van der Waals surface area contributed by atoms with Crippen molar-refractivity contribution in [3.63, 3.8) is 0 Å². The Hall–Kier alpha value is -1.91. The van der Waals surface area contributed by atoms with E-state index in [9.17, 15) is 9.59 Å². The Kier molecular flexibility index (Phi) is 4.49. The maximum Gasteiger partial charge on any atom is 0.260 e. The van der Waals surface area contributed by atoms with Gasteiger partial charge >= 0.3 is 0 Å². The Labute approximate surface area is 112 Å². The van der Waals surface area contributed by atoms with Crippen molar-refractivity contribution in [3.05, 3.63) is 34.7 Å².